The number of halogens is 4. The summed E-state index contributed by atoms with van der Waals surface area (Å²) in [5.41, 5.74) is -1.35. The highest BCUT2D eigenvalue weighted by Crippen LogP contribution is 2.34. The van der Waals surface area contributed by atoms with E-state index in [9.17, 15) is 23.1 Å². The molecule has 0 saturated carbocycles. The van der Waals surface area contributed by atoms with Crippen LogP contribution in [0.4, 0.5) is 13.2 Å². The van der Waals surface area contributed by atoms with Crippen molar-refractivity contribution >= 4 is 21.8 Å². The number of benzene rings is 1. The molecule has 0 radical (unpaired) electrons. The fourth-order valence-corrected chi connectivity index (χ4v) is 2.40. The molecule has 1 saturated heterocycles. The first-order chi connectivity index (χ1) is 8.79. The molecule has 0 spiro atoms. The Bertz CT molecular complexity index is 504. The Morgan fingerprint density at radius 3 is 2.63 bits per heavy atom. The van der Waals surface area contributed by atoms with E-state index >= 15 is 0 Å². The quantitative estimate of drug-likeness (QED) is 0.855. The van der Waals surface area contributed by atoms with Gasteiger partial charge < -0.3 is 10.0 Å². The summed E-state index contributed by atoms with van der Waals surface area (Å²) in [7, 11) is 0. The highest BCUT2D eigenvalue weighted by molar-refractivity contribution is 9.10. The molecule has 1 amide bonds. The minimum absolute atomic E-state index is 0.0756. The minimum Gasteiger partial charge on any atom is -0.391 e. The molecule has 2 rings (SSSR count). The molecule has 0 bridgehead atoms. The van der Waals surface area contributed by atoms with Gasteiger partial charge in [0.2, 0.25) is 0 Å². The Balaban J connectivity index is 2.36. The van der Waals surface area contributed by atoms with Crippen LogP contribution < -0.4 is 0 Å². The third-order valence-electron chi connectivity index (χ3n) is 2.97. The number of aliphatic hydroxyl groups is 1. The normalized spacial score (nSPS) is 19.8. The number of rotatable bonds is 1. The second-order valence-electron chi connectivity index (χ2n) is 4.38. The Labute approximate surface area is 116 Å². The van der Waals surface area contributed by atoms with Gasteiger partial charge in [-0.25, -0.2) is 0 Å². The van der Waals surface area contributed by atoms with Crippen molar-refractivity contribution in [2.24, 2.45) is 0 Å². The van der Waals surface area contributed by atoms with Crippen molar-refractivity contribution in [1.82, 2.24) is 4.90 Å². The molecule has 1 aromatic carbocycles. The van der Waals surface area contributed by atoms with Crippen LogP contribution in [0, 0.1) is 0 Å². The Morgan fingerprint density at radius 2 is 2.11 bits per heavy atom. The van der Waals surface area contributed by atoms with Gasteiger partial charge in [-0.2, -0.15) is 13.2 Å². The summed E-state index contributed by atoms with van der Waals surface area (Å²) in [6.45, 7) is 0.347. The molecule has 1 aliphatic heterocycles. The molecule has 1 heterocycles. The smallest absolute Gasteiger partial charge is 0.391 e. The zero-order chi connectivity index (χ0) is 14.2. The molecule has 0 aromatic heterocycles. The zero-order valence-corrected chi connectivity index (χ0v) is 11.3. The standard InChI is InChI=1S/C12H11BrF3NO2/c13-7-1-2-9(10(5-7)12(14,15)16)11(19)17-4-3-8(18)6-17/h1-2,5,8,18H,3-4,6H2/t8-/m0/s1. The van der Waals surface area contributed by atoms with Crippen molar-refractivity contribution in [3.8, 4) is 0 Å². The first kappa shape index (κ1) is 14.3. The lowest BCUT2D eigenvalue weighted by Crippen LogP contribution is -2.31. The molecular formula is C12H11BrF3NO2. The highest BCUT2D eigenvalue weighted by atomic mass is 79.9. The van der Waals surface area contributed by atoms with Crippen LogP contribution in [0.25, 0.3) is 0 Å². The average molecular weight is 338 g/mol. The first-order valence-corrected chi connectivity index (χ1v) is 6.42. The molecule has 19 heavy (non-hydrogen) atoms. The second-order valence-corrected chi connectivity index (χ2v) is 5.30. The van der Waals surface area contributed by atoms with Gasteiger partial charge >= 0.3 is 6.18 Å². The molecule has 1 atom stereocenters. The molecule has 1 N–H and O–H groups in total. The van der Waals surface area contributed by atoms with Crippen LogP contribution in [-0.4, -0.2) is 35.1 Å². The lowest BCUT2D eigenvalue weighted by Gasteiger charge is -2.19. The van der Waals surface area contributed by atoms with E-state index < -0.39 is 23.8 Å². The number of β-amino-alcohol motifs (C(OH)–C–C–N with tert-alkyl or cyclic N) is 1. The van der Waals surface area contributed by atoms with Crippen molar-refractivity contribution in [1.29, 1.82) is 0 Å². The van der Waals surface area contributed by atoms with E-state index in [0.29, 0.717) is 6.42 Å². The Kier molecular flexibility index (Phi) is 3.87. The first-order valence-electron chi connectivity index (χ1n) is 5.63. The van der Waals surface area contributed by atoms with Crippen LogP contribution in [0.1, 0.15) is 22.3 Å². The van der Waals surface area contributed by atoms with E-state index in [1.54, 1.807) is 0 Å². The number of amides is 1. The fourth-order valence-electron chi connectivity index (χ4n) is 2.03. The molecule has 104 valence electrons. The molecule has 1 aromatic rings. The monoisotopic (exact) mass is 337 g/mol. The minimum atomic E-state index is -4.59. The number of aliphatic hydroxyl groups excluding tert-OH is 1. The Morgan fingerprint density at radius 1 is 1.42 bits per heavy atom. The van der Waals surface area contributed by atoms with E-state index in [-0.39, 0.29) is 23.1 Å². The maximum absolute atomic E-state index is 12.9. The Hall–Kier alpha value is -1.08. The largest absolute Gasteiger partial charge is 0.417 e. The van der Waals surface area contributed by atoms with Gasteiger partial charge in [-0.15, -0.1) is 0 Å². The summed E-state index contributed by atoms with van der Waals surface area (Å²) >= 11 is 2.97. The fraction of sp³-hybridized carbons (Fsp3) is 0.417. The van der Waals surface area contributed by atoms with Crippen LogP contribution in [-0.2, 0) is 6.18 Å². The highest BCUT2D eigenvalue weighted by Gasteiger charge is 2.37. The van der Waals surface area contributed by atoms with Crippen molar-refractivity contribution in [3.63, 3.8) is 0 Å². The molecule has 1 aliphatic rings. The summed E-state index contributed by atoms with van der Waals surface area (Å²) in [5.74, 6) is -0.698. The van der Waals surface area contributed by atoms with Crippen molar-refractivity contribution < 1.29 is 23.1 Å². The predicted octanol–water partition coefficient (Wildman–Crippen LogP) is 2.67. The van der Waals surface area contributed by atoms with Crippen LogP contribution in [0.2, 0.25) is 0 Å². The zero-order valence-electron chi connectivity index (χ0n) is 9.75. The van der Waals surface area contributed by atoms with Gasteiger partial charge in [0.05, 0.1) is 17.2 Å². The van der Waals surface area contributed by atoms with E-state index in [0.717, 1.165) is 12.1 Å². The number of carbonyl (C=O) groups is 1. The van der Waals surface area contributed by atoms with E-state index in [4.69, 9.17) is 0 Å². The summed E-state index contributed by atoms with van der Waals surface area (Å²) < 4.78 is 39.0. The number of alkyl halides is 3. The molecule has 0 aliphatic carbocycles. The van der Waals surface area contributed by atoms with Gasteiger partial charge in [0.1, 0.15) is 0 Å². The van der Waals surface area contributed by atoms with Gasteiger partial charge in [-0.3, -0.25) is 4.79 Å². The number of hydrogen-bond acceptors (Lipinski definition) is 2. The van der Waals surface area contributed by atoms with Gasteiger partial charge in [0.25, 0.3) is 5.91 Å². The summed E-state index contributed by atoms with van der Waals surface area (Å²) in [4.78, 5) is 13.3. The molecule has 1 fully saturated rings. The summed E-state index contributed by atoms with van der Waals surface area (Å²) in [5, 5.41) is 9.35. The van der Waals surface area contributed by atoms with Gasteiger partial charge in [-0.05, 0) is 24.6 Å². The molecule has 7 heteroatoms. The molecule has 3 nitrogen and oxygen atoms in total. The van der Waals surface area contributed by atoms with Gasteiger partial charge in [-0.1, -0.05) is 15.9 Å². The van der Waals surface area contributed by atoms with Crippen molar-refractivity contribution in [3.05, 3.63) is 33.8 Å². The third kappa shape index (κ3) is 3.09. The topological polar surface area (TPSA) is 40.5 Å². The maximum atomic E-state index is 12.9. The van der Waals surface area contributed by atoms with Crippen molar-refractivity contribution in [2.75, 3.05) is 13.1 Å². The molecule has 0 unspecified atom stereocenters. The van der Waals surface area contributed by atoms with E-state index in [1.807, 2.05) is 0 Å². The number of likely N-dealkylation sites (tertiary alicyclic amines) is 1. The van der Waals surface area contributed by atoms with Gasteiger partial charge in [0, 0.05) is 17.6 Å². The van der Waals surface area contributed by atoms with Crippen LogP contribution in [0.15, 0.2) is 22.7 Å². The van der Waals surface area contributed by atoms with E-state index in [2.05, 4.69) is 15.9 Å². The average Bonchev–Trinajstić information content (AvgIpc) is 2.74. The SMILES string of the molecule is O=C(c1ccc(Br)cc1C(F)(F)F)N1CC[C@H](O)C1. The van der Waals surface area contributed by atoms with Crippen LogP contribution in [0.5, 0.6) is 0 Å². The molecular weight excluding hydrogens is 327 g/mol. The number of nitrogens with zero attached hydrogens (tertiary/aromatic N) is 1. The maximum Gasteiger partial charge on any atom is 0.417 e. The van der Waals surface area contributed by atoms with E-state index in [1.165, 1.54) is 11.0 Å². The lowest BCUT2D eigenvalue weighted by molar-refractivity contribution is -0.138. The second kappa shape index (κ2) is 5.13. The number of carbonyl (C=O) groups excluding carboxylic acids is 1. The lowest BCUT2D eigenvalue weighted by atomic mass is 10.1. The number of hydrogen-bond donors (Lipinski definition) is 1. The van der Waals surface area contributed by atoms with Crippen molar-refractivity contribution in [2.45, 2.75) is 18.7 Å². The summed E-state index contributed by atoms with van der Waals surface area (Å²) in [6, 6.07) is 3.44. The van der Waals surface area contributed by atoms with Gasteiger partial charge in [0.15, 0.2) is 0 Å². The summed E-state index contributed by atoms with van der Waals surface area (Å²) in [6.07, 6.45) is -4.86. The predicted molar refractivity (Wildman–Crippen MR) is 65.7 cm³/mol. The van der Waals surface area contributed by atoms with Crippen LogP contribution >= 0.6 is 15.9 Å². The van der Waals surface area contributed by atoms with Crippen LogP contribution in [0.3, 0.4) is 0 Å². The third-order valence-corrected chi connectivity index (χ3v) is 3.46.